The summed E-state index contributed by atoms with van der Waals surface area (Å²) in [4.78, 5) is 8.60. The molecule has 0 spiro atoms. The zero-order valence-corrected chi connectivity index (χ0v) is 9.34. The molecule has 0 bridgehead atoms. The van der Waals surface area contributed by atoms with E-state index < -0.39 is 0 Å². The third-order valence-electron chi connectivity index (χ3n) is 2.53. The van der Waals surface area contributed by atoms with Crippen molar-refractivity contribution in [3.05, 3.63) is 42.7 Å². The van der Waals surface area contributed by atoms with Crippen LogP contribution in [0.2, 0.25) is 0 Å². The molecule has 0 amide bonds. The van der Waals surface area contributed by atoms with Gasteiger partial charge < -0.3 is 4.52 Å². The quantitative estimate of drug-likeness (QED) is 0.739. The fourth-order valence-electron chi connectivity index (χ4n) is 1.28. The van der Waals surface area contributed by atoms with E-state index in [1.54, 1.807) is 18.5 Å². The highest BCUT2D eigenvalue weighted by Crippen LogP contribution is 2.20. The average molecular weight is 215 g/mol. The van der Waals surface area contributed by atoms with E-state index in [1.807, 2.05) is 13.8 Å². The number of rotatable bonds is 3. The second-order valence-electron chi connectivity index (χ2n) is 3.78. The Morgan fingerprint density at radius 2 is 2.06 bits per heavy atom. The van der Waals surface area contributed by atoms with Crippen LogP contribution in [0.25, 0.3) is 11.3 Å². The van der Waals surface area contributed by atoms with Gasteiger partial charge in [-0.15, -0.1) is 0 Å². The van der Waals surface area contributed by atoms with Crippen LogP contribution in [0.1, 0.15) is 25.6 Å². The van der Waals surface area contributed by atoms with Gasteiger partial charge in [0.2, 0.25) is 0 Å². The number of hydrogen-bond donors (Lipinski definition) is 0. The molecule has 1 atom stereocenters. The Bertz CT molecular complexity index is 473. The Morgan fingerprint density at radius 3 is 2.56 bits per heavy atom. The van der Waals surface area contributed by atoms with E-state index in [-0.39, 0.29) is 5.92 Å². The van der Waals surface area contributed by atoms with Gasteiger partial charge in [0.1, 0.15) is 17.8 Å². The van der Waals surface area contributed by atoms with Crippen molar-refractivity contribution >= 4 is 0 Å². The van der Waals surface area contributed by atoms with Crippen LogP contribution in [0, 0.1) is 0 Å². The minimum atomic E-state index is 0.173. The molecule has 0 aliphatic rings. The van der Waals surface area contributed by atoms with Crippen molar-refractivity contribution in [3.8, 4) is 11.3 Å². The SMILES string of the molecule is C=C(C)[C@@H](C)c1ncc(-c2ccon2)cn1. The second kappa shape index (κ2) is 4.26. The molecule has 0 aliphatic carbocycles. The maximum Gasteiger partial charge on any atom is 0.135 e. The molecule has 2 heterocycles. The van der Waals surface area contributed by atoms with Crippen molar-refractivity contribution < 1.29 is 4.52 Å². The van der Waals surface area contributed by atoms with Crippen LogP contribution in [-0.4, -0.2) is 15.1 Å². The van der Waals surface area contributed by atoms with Gasteiger partial charge in [-0.1, -0.05) is 24.2 Å². The third-order valence-corrected chi connectivity index (χ3v) is 2.53. The minimum absolute atomic E-state index is 0.173. The molecule has 0 aromatic carbocycles. The van der Waals surface area contributed by atoms with Crippen molar-refractivity contribution in [2.75, 3.05) is 0 Å². The van der Waals surface area contributed by atoms with Gasteiger partial charge in [0, 0.05) is 29.9 Å². The van der Waals surface area contributed by atoms with Crippen LogP contribution >= 0.6 is 0 Å². The minimum Gasteiger partial charge on any atom is -0.364 e. The Balaban J connectivity index is 2.26. The zero-order valence-electron chi connectivity index (χ0n) is 9.34. The molecule has 2 rings (SSSR count). The summed E-state index contributed by atoms with van der Waals surface area (Å²) in [6.45, 7) is 7.90. The molecule has 0 saturated carbocycles. The highest BCUT2D eigenvalue weighted by molar-refractivity contribution is 5.55. The van der Waals surface area contributed by atoms with E-state index in [2.05, 4.69) is 21.7 Å². The molecule has 0 N–H and O–H groups in total. The first kappa shape index (κ1) is 10.5. The Morgan fingerprint density at radius 1 is 1.38 bits per heavy atom. The first-order valence-electron chi connectivity index (χ1n) is 5.06. The van der Waals surface area contributed by atoms with Crippen LogP contribution in [-0.2, 0) is 0 Å². The summed E-state index contributed by atoms with van der Waals surface area (Å²) in [5.74, 6) is 0.950. The van der Waals surface area contributed by atoms with E-state index in [9.17, 15) is 0 Å². The summed E-state index contributed by atoms with van der Waals surface area (Å²) in [6, 6.07) is 1.78. The number of allylic oxidation sites excluding steroid dienone is 1. The van der Waals surface area contributed by atoms with Crippen molar-refractivity contribution in [2.24, 2.45) is 0 Å². The lowest BCUT2D eigenvalue weighted by molar-refractivity contribution is 0.422. The molecule has 0 aliphatic heterocycles. The molecule has 2 aromatic heterocycles. The summed E-state index contributed by atoms with van der Waals surface area (Å²) in [5.41, 5.74) is 2.65. The topological polar surface area (TPSA) is 51.8 Å². The van der Waals surface area contributed by atoms with E-state index in [0.29, 0.717) is 0 Å². The van der Waals surface area contributed by atoms with Crippen LogP contribution in [0.4, 0.5) is 0 Å². The van der Waals surface area contributed by atoms with Crippen LogP contribution in [0.3, 0.4) is 0 Å². The van der Waals surface area contributed by atoms with Gasteiger partial charge in [0.05, 0.1) is 0 Å². The standard InChI is InChI=1S/C12H13N3O/c1-8(2)9(3)12-13-6-10(7-14-12)11-4-5-16-15-11/h4-7,9H,1H2,2-3H3/t9-/m1/s1. The monoisotopic (exact) mass is 215 g/mol. The average Bonchev–Trinajstić information content (AvgIpc) is 2.81. The molecular formula is C12H13N3O. The lowest BCUT2D eigenvalue weighted by atomic mass is 10.0. The highest BCUT2D eigenvalue weighted by atomic mass is 16.5. The van der Waals surface area contributed by atoms with Crippen molar-refractivity contribution in [1.29, 1.82) is 0 Å². The number of aromatic nitrogens is 3. The Labute approximate surface area is 94.0 Å². The first-order valence-corrected chi connectivity index (χ1v) is 5.06. The maximum absolute atomic E-state index is 4.77. The van der Waals surface area contributed by atoms with Gasteiger partial charge in [-0.3, -0.25) is 0 Å². The molecule has 4 nitrogen and oxygen atoms in total. The van der Waals surface area contributed by atoms with Gasteiger partial charge in [0.15, 0.2) is 0 Å². The summed E-state index contributed by atoms with van der Waals surface area (Å²) in [6.07, 6.45) is 5.03. The van der Waals surface area contributed by atoms with Gasteiger partial charge in [-0.05, 0) is 6.92 Å². The predicted molar refractivity (Wildman–Crippen MR) is 60.8 cm³/mol. The molecule has 0 saturated heterocycles. The van der Waals surface area contributed by atoms with E-state index in [0.717, 1.165) is 22.7 Å². The molecule has 4 heteroatoms. The number of nitrogens with zero attached hydrogens (tertiary/aromatic N) is 3. The van der Waals surface area contributed by atoms with Gasteiger partial charge in [-0.2, -0.15) is 0 Å². The molecule has 0 fully saturated rings. The van der Waals surface area contributed by atoms with Crippen LogP contribution in [0.15, 0.2) is 41.4 Å². The lowest BCUT2D eigenvalue weighted by Gasteiger charge is -2.08. The smallest absolute Gasteiger partial charge is 0.135 e. The second-order valence-corrected chi connectivity index (χ2v) is 3.78. The molecule has 0 unspecified atom stereocenters. The highest BCUT2D eigenvalue weighted by Gasteiger charge is 2.10. The van der Waals surface area contributed by atoms with E-state index in [1.165, 1.54) is 6.26 Å². The number of hydrogen-bond acceptors (Lipinski definition) is 4. The van der Waals surface area contributed by atoms with E-state index >= 15 is 0 Å². The van der Waals surface area contributed by atoms with Crippen molar-refractivity contribution in [2.45, 2.75) is 19.8 Å². The Hall–Kier alpha value is -1.97. The summed E-state index contributed by atoms with van der Waals surface area (Å²) < 4.78 is 4.77. The van der Waals surface area contributed by atoms with E-state index in [4.69, 9.17) is 4.52 Å². The summed E-state index contributed by atoms with van der Waals surface area (Å²) in [7, 11) is 0. The largest absolute Gasteiger partial charge is 0.364 e. The third kappa shape index (κ3) is 2.00. The predicted octanol–water partition coefficient (Wildman–Crippen LogP) is 2.81. The zero-order chi connectivity index (χ0) is 11.5. The summed E-state index contributed by atoms with van der Waals surface area (Å²) >= 11 is 0. The molecule has 16 heavy (non-hydrogen) atoms. The molecule has 82 valence electrons. The van der Waals surface area contributed by atoms with Gasteiger partial charge >= 0.3 is 0 Å². The van der Waals surface area contributed by atoms with Crippen LogP contribution in [0.5, 0.6) is 0 Å². The van der Waals surface area contributed by atoms with Crippen molar-refractivity contribution in [3.63, 3.8) is 0 Å². The summed E-state index contributed by atoms with van der Waals surface area (Å²) in [5, 5.41) is 3.82. The molecule has 0 radical (unpaired) electrons. The van der Waals surface area contributed by atoms with Crippen molar-refractivity contribution in [1.82, 2.24) is 15.1 Å². The Kier molecular flexibility index (Phi) is 2.81. The fraction of sp³-hybridized carbons (Fsp3) is 0.250. The fourth-order valence-corrected chi connectivity index (χ4v) is 1.28. The first-order chi connectivity index (χ1) is 7.68. The lowest BCUT2D eigenvalue weighted by Crippen LogP contribution is -2.01. The van der Waals surface area contributed by atoms with Gasteiger partial charge in [0.25, 0.3) is 0 Å². The molecular weight excluding hydrogens is 202 g/mol. The van der Waals surface area contributed by atoms with Gasteiger partial charge in [-0.25, -0.2) is 9.97 Å². The maximum atomic E-state index is 4.77. The normalized spacial score (nSPS) is 12.4. The molecule has 2 aromatic rings. The van der Waals surface area contributed by atoms with Crippen LogP contribution < -0.4 is 0 Å².